The van der Waals surface area contributed by atoms with Crippen LogP contribution in [0.15, 0.2) is 66.9 Å². The Morgan fingerprint density at radius 3 is 2.32 bits per heavy atom. The molecule has 2 aromatic carbocycles. The minimum absolute atomic E-state index is 0.0365. The fraction of sp³-hybridized carbons (Fsp3) is 0.280. The van der Waals surface area contributed by atoms with E-state index in [0.29, 0.717) is 5.69 Å². The van der Waals surface area contributed by atoms with Gasteiger partial charge in [-0.2, -0.15) is 5.26 Å². The molecule has 37 heavy (non-hydrogen) atoms. The first kappa shape index (κ1) is 26.8. The molecule has 0 aliphatic rings. The number of nitriles is 1. The van der Waals surface area contributed by atoms with Crippen LogP contribution in [0.3, 0.4) is 0 Å². The number of ether oxygens (including phenoxy) is 2. The summed E-state index contributed by atoms with van der Waals surface area (Å²) in [5, 5.41) is 30.9. The Hall–Kier alpha value is -4.76. The zero-order valence-electron chi connectivity index (χ0n) is 19.8. The highest BCUT2D eigenvalue weighted by Gasteiger charge is 2.24. The SMILES string of the molecule is N#C[C@H](COCc1cn(CC(=O)O)nn1)NC(=O)[C@H](Cc1ccccc1)NC(=O)OCc1ccccc1. The summed E-state index contributed by atoms with van der Waals surface area (Å²) >= 11 is 0. The number of nitrogens with zero attached hydrogens (tertiary/aromatic N) is 4. The smallest absolute Gasteiger partial charge is 0.408 e. The van der Waals surface area contributed by atoms with E-state index in [9.17, 15) is 19.6 Å². The molecule has 0 fully saturated rings. The lowest BCUT2D eigenvalue weighted by molar-refractivity contribution is -0.138. The van der Waals surface area contributed by atoms with Gasteiger partial charge in [-0.15, -0.1) is 5.10 Å². The van der Waals surface area contributed by atoms with E-state index in [1.807, 2.05) is 66.7 Å². The first-order chi connectivity index (χ1) is 17.9. The molecule has 0 spiro atoms. The van der Waals surface area contributed by atoms with Crippen molar-refractivity contribution in [3.8, 4) is 6.07 Å². The maximum absolute atomic E-state index is 13.0. The molecule has 0 unspecified atom stereocenters. The van der Waals surface area contributed by atoms with Gasteiger partial charge in [0.2, 0.25) is 5.91 Å². The van der Waals surface area contributed by atoms with E-state index in [0.717, 1.165) is 15.8 Å². The molecule has 1 heterocycles. The number of carbonyl (C=O) groups excluding carboxylic acids is 2. The van der Waals surface area contributed by atoms with Gasteiger partial charge < -0.3 is 25.2 Å². The van der Waals surface area contributed by atoms with Crippen molar-refractivity contribution in [2.75, 3.05) is 6.61 Å². The molecule has 0 radical (unpaired) electrons. The molecule has 0 aliphatic heterocycles. The molecule has 0 bridgehead atoms. The number of rotatable bonds is 13. The molecule has 0 aliphatic carbocycles. The maximum Gasteiger partial charge on any atom is 0.408 e. The average Bonchev–Trinajstić information content (AvgIpc) is 3.34. The van der Waals surface area contributed by atoms with E-state index in [-0.39, 0.29) is 32.8 Å². The molecule has 12 heteroatoms. The second kappa shape index (κ2) is 14.0. The van der Waals surface area contributed by atoms with Crippen molar-refractivity contribution >= 4 is 18.0 Å². The minimum atomic E-state index is -1.06. The van der Waals surface area contributed by atoms with Crippen LogP contribution in [0.5, 0.6) is 0 Å². The predicted octanol–water partition coefficient (Wildman–Crippen LogP) is 1.43. The number of amides is 2. The normalized spacial score (nSPS) is 12.1. The monoisotopic (exact) mass is 506 g/mol. The number of carbonyl (C=O) groups is 3. The summed E-state index contributed by atoms with van der Waals surface area (Å²) < 4.78 is 11.8. The molecule has 3 aromatic rings. The topological polar surface area (TPSA) is 168 Å². The van der Waals surface area contributed by atoms with Crippen LogP contribution in [0, 0.1) is 11.3 Å². The van der Waals surface area contributed by atoms with E-state index in [1.165, 1.54) is 6.20 Å². The second-order valence-electron chi connectivity index (χ2n) is 7.95. The Labute approximate surface area is 212 Å². The largest absolute Gasteiger partial charge is 0.480 e. The Balaban J connectivity index is 1.55. The summed E-state index contributed by atoms with van der Waals surface area (Å²) in [5.74, 6) is -1.64. The Morgan fingerprint density at radius 1 is 1.00 bits per heavy atom. The Bertz CT molecular complexity index is 1210. The fourth-order valence-electron chi connectivity index (χ4n) is 3.25. The van der Waals surface area contributed by atoms with Crippen LogP contribution < -0.4 is 10.6 Å². The van der Waals surface area contributed by atoms with Crippen molar-refractivity contribution in [1.29, 1.82) is 5.26 Å². The Morgan fingerprint density at radius 2 is 1.68 bits per heavy atom. The van der Waals surface area contributed by atoms with Gasteiger partial charge in [0.1, 0.15) is 30.9 Å². The zero-order chi connectivity index (χ0) is 26.5. The van der Waals surface area contributed by atoms with Crippen molar-refractivity contribution in [3.05, 3.63) is 83.7 Å². The van der Waals surface area contributed by atoms with Gasteiger partial charge >= 0.3 is 12.1 Å². The van der Waals surface area contributed by atoms with E-state index in [1.54, 1.807) is 0 Å². The molecule has 12 nitrogen and oxygen atoms in total. The number of nitrogens with one attached hydrogen (secondary N) is 2. The number of carboxylic acids is 1. The standard InChI is InChI=1S/C25H26N6O6/c26-12-20(16-36-17-21-13-31(30-29-21)14-23(32)33)27-24(34)22(11-18-7-3-1-4-8-18)28-25(35)37-15-19-9-5-2-6-10-19/h1-10,13,20,22H,11,14-17H2,(H,27,34)(H,28,35)(H,32,33)/t20-,22+/m1/s1. The van der Waals surface area contributed by atoms with E-state index >= 15 is 0 Å². The van der Waals surface area contributed by atoms with Crippen molar-refractivity contribution in [2.45, 2.75) is 38.3 Å². The molecule has 2 atom stereocenters. The number of carboxylic acid groups (broad SMARTS) is 1. The molecule has 3 rings (SSSR count). The highest BCUT2D eigenvalue weighted by atomic mass is 16.5. The van der Waals surface area contributed by atoms with Gasteiger partial charge in [0.15, 0.2) is 0 Å². The minimum Gasteiger partial charge on any atom is -0.480 e. The van der Waals surface area contributed by atoms with Gasteiger partial charge in [-0.25, -0.2) is 9.48 Å². The van der Waals surface area contributed by atoms with E-state index in [4.69, 9.17) is 14.6 Å². The average molecular weight is 507 g/mol. The fourth-order valence-corrected chi connectivity index (χ4v) is 3.25. The summed E-state index contributed by atoms with van der Waals surface area (Å²) in [5.41, 5.74) is 1.97. The molecule has 0 saturated heterocycles. The summed E-state index contributed by atoms with van der Waals surface area (Å²) in [4.78, 5) is 36.1. The summed E-state index contributed by atoms with van der Waals surface area (Å²) in [7, 11) is 0. The van der Waals surface area contributed by atoms with Gasteiger partial charge in [-0.3, -0.25) is 9.59 Å². The summed E-state index contributed by atoms with van der Waals surface area (Å²) in [6.07, 6.45) is 0.822. The molecule has 192 valence electrons. The number of benzene rings is 2. The molecule has 2 amide bonds. The van der Waals surface area contributed by atoms with Gasteiger partial charge in [-0.1, -0.05) is 65.9 Å². The van der Waals surface area contributed by atoms with Crippen LogP contribution in [0.4, 0.5) is 4.79 Å². The lowest BCUT2D eigenvalue weighted by Gasteiger charge is -2.20. The van der Waals surface area contributed by atoms with Crippen LogP contribution in [-0.2, 0) is 45.2 Å². The number of alkyl carbamates (subject to hydrolysis) is 1. The lowest BCUT2D eigenvalue weighted by atomic mass is 10.1. The second-order valence-corrected chi connectivity index (χ2v) is 7.95. The third-order valence-electron chi connectivity index (χ3n) is 4.99. The highest BCUT2D eigenvalue weighted by Crippen LogP contribution is 2.06. The van der Waals surface area contributed by atoms with Crippen molar-refractivity contribution < 1.29 is 29.0 Å². The van der Waals surface area contributed by atoms with Gasteiger partial charge in [0.25, 0.3) is 0 Å². The van der Waals surface area contributed by atoms with E-state index < -0.39 is 30.1 Å². The van der Waals surface area contributed by atoms with E-state index in [2.05, 4.69) is 20.9 Å². The highest BCUT2D eigenvalue weighted by molar-refractivity contribution is 5.86. The van der Waals surface area contributed by atoms with Gasteiger partial charge in [0.05, 0.1) is 25.5 Å². The quantitative estimate of drug-likeness (QED) is 0.310. The maximum atomic E-state index is 13.0. The van der Waals surface area contributed by atoms with Crippen molar-refractivity contribution in [2.24, 2.45) is 0 Å². The number of aliphatic carboxylic acids is 1. The van der Waals surface area contributed by atoms with Crippen molar-refractivity contribution in [3.63, 3.8) is 0 Å². The van der Waals surface area contributed by atoms with Gasteiger partial charge in [-0.05, 0) is 11.1 Å². The number of hydrogen-bond acceptors (Lipinski definition) is 8. The van der Waals surface area contributed by atoms with Gasteiger partial charge in [0, 0.05) is 6.42 Å². The number of aromatic nitrogens is 3. The predicted molar refractivity (Wildman–Crippen MR) is 129 cm³/mol. The Kier molecular flexibility index (Phi) is 10.1. The summed E-state index contributed by atoms with van der Waals surface area (Å²) in [6, 6.07) is 18.2. The number of hydrogen-bond donors (Lipinski definition) is 3. The molecule has 3 N–H and O–H groups in total. The first-order valence-corrected chi connectivity index (χ1v) is 11.3. The molecule has 0 saturated carbocycles. The van der Waals surface area contributed by atoms with Crippen LogP contribution >= 0.6 is 0 Å². The third-order valence-corrected chi connectivity index (χ3v) is 4.99. The zero-order valence-corrected chi connectivity index (χ0v) is 19.8. The molecular formula is C25H26N6O6. The van der Waals surface area contributed by atoms with Crippen LogP contribution in [0.2, 0.25) is 0 Å². The summed E-state index contributed by atoms with van der Waals surface area (Å²) in [6.45, 7) is -0.499. The lowest BCUT2D eigenvalue weighted by Crippen LogP contribution is -2.51. The first-order valence-electron chi connectivity index (χ1n) is 11.3. The molecule has 1 aromatic heterocycles. The van der Waals surface area contributed by atoms with Crippen molar-refractivity contribution in [1.82, 2.24) is 25.6 Å². The van der Waals surface area contributed by atoms with Crippen LogP contribution in [0.25, 0.3) is 0 Å². The third kappa shape index (κ3) is 9.42. The molecular weight excluding hydrogens is 480 g/mol. The van der Waals surface area contributed by atoms with Crippen LogP contribution in [0.1, 0.15) is 16.8 Å². The van der Waals surface area contributed by atoms with Crippen LogP contribution in [-0.4, -0.2) is 56.8 Å².